The van der Waals surface area contributed by atoms with E-state index < -0.39 is 26.6 Å². The van der Waals surface area contributed by atoms with Gasteiger partial charge in [-0.1, -0.05) is 0 Å². The third-order valence-corrected chi connectivity index (χ3v) is 2.75. The van der Waals surface area contributed by atoms with Crippen LogP contribution < -0.4 is 15.6 Å². The molecule has 94 valence electrons. The first-order valence-electron chi connectivity index (χ1n) is 4.54. The van der Waals surface area contributed by atoms with Crippen LogP contribution in [0, 0.1) is 5.82 Å². The third-order valence-electron chi connectivity index (χ3n) is 1.82. The average Bonchev–Trinajstić information content (AvgIpc) is 2.18. The molecule has 1 rings (SSSR count). The summed E-state index contributed by atoms with van der Waals surface area (Å²) in [5.41, 5.74) is 4.88. The molecule has 0 saturated heterocycles. The van der Waals surface area contributed by atoms with Crippen molar-refractivity contribution in [3.05, 3.63) is 24.0 Å². The molecule has 1 amide bonds. The van der Waals surface area contributed by atoms with Crippen LogP contribution >= 0.6 is 0 Å². The largest absolute Gasteiger partial charge is 0.492 e. The minimum absolute atomic E-state index is 0.0819. The molecule has 17 heavy (non-hydrogen) atoms. The molecule has 0 fully saturated rings. The fourth-order valence-electron chi connectivity index (χ4n) is 1.09. The van der Waals surface area contributed by atoms with E-state index in [9.17, 15) is 17.6 Å². The highest BCUT2D eigenvalue weighted by Gasteiger charge is 2.16. The molecule has 1 aromatic carbocycles. The summed E-state index contributed by atoms with van der Waals surface area (Å²) in [6, 6.07) is 2.89. The Bertz CT molecular complexity index is 530. The summed E-state index contributed by atoms with van der Waals surface area (Å²) < 4.78 is 40.2. The summed E-state index contributed by atoms with van der Waals surface area (Å²) in [5, 5.41) is 4.89. The predicted molar refractivity (Wildman–Crippen MR) is 57.1 cm³/mol. The Kier molecular flexibility index (Phi) is 4.02. The van der Waals surface area contributed by atoms with Crippen molar-refractivity contribution < 1.29 is 22.3 Å². The Morgan fingerprint density at radius 1 is 1.41 bits per heavy atom. The quantitative estimate of drug-likeness (QED) is 0.760. The zero-order valence-corrected chi connectivity index (χ0v) is 9.54. The summed E-state index contributed by atoms with van der Waals surface area (Å²) in [7, 11) is -4.09. The van der Waals surface area contributed by atoms with Gasteiger partial charge in [0.15, 0.2) is 0 Å². The van der Waals surface area contributed by atoms with E-state index in [4.69, 9.17) is 15.6 Å². The Hall–Kier alpha value is -1.67. The summed E-state index contributed by atoms with van der Waals surface area (Å²) in [6.07, 6.45) is -0.0819. The first-order chi connectivity index (χ1) is 7.80. The Balaban J connectivity index is 2.95. The van der Waals surface area contributed by atoms with E-state index in [1.165, 1.54) is 0 Å². The van der Waals surface area contributed by atoms with Crippen LogP contribution in [0.25, 0.3) is 0 Å². The summed E-state index contributed by atoms with van der Waals surface area (Å²) in [5.74, 6) is -1.46. The first kappa shape index (κ1) is 13.4. The maximum Gasteiger partial charge on any atom is 0.241 e. The number of carbonyl (C=O) groups excluding carboxylic acids is 1. The van der Waals surface area contributed by atoms with Gasteiger partial charge in [0.2, 0.25) is 15.9 Å². The molecule has 0 aliphatic heterocycles. The van der Waals surface area contributed by atoms with Crippen LogP contribution in [0.15, 0.2) is 23.1 Å². The van der Waals surface area contributed by atoms with E-state index in [0.717, 1.165) is 18.2 Å². The molecule has 0 aromatic heterocycles. The number of hydrogen-bond acceptors (Lipinski definition) is 4. The van der Waals surface area contributed by atoms with E-state index in [-0.39, 0.29) is 18.8 Å². The van der Waals surface area contributed by atoms with Crippen molar-refractivity contribution >= 4 is 15.9 Å². The molecule has 8 heteroatoms. The molecular weight excluding hydrogens is 251 g/mol. The highest BCUT2D eigenvalue weighted by molar-refractivity contribution is 7.89. The number of ether oxygens (including phenoxy) is 1. The van der Waals surface area contributed by atoms with Gasteiger partial charge >= 0.3 is 0 Å². The molecule has 0 spiro atoms. The topological polar surface area (TPSA) is 112 Å². The Labute approximate surface area is 97.4 Å². The molecular formula is C9H11FN2O4S. The fourth-order valence-corrected chi connectivity index (χ4v) is 1.77. The minimum Gasteiger partial charge on any atom is -0.492 e. The van der Waals surface area contributed by atoms with Crippen molar-refractivity contribution in [1.82, 2.24) is 0 Å². The molecule has 6 nitrogen and oxygen atoms in total. The zero-order chi connectivity index (χ0) is 13.1. The summed E-state index contributed by atoms with van der Waals surface area (Å²) in [4.78, 5) is 9.99. The molecule has 1 aromatic rings. The summed E-state index contributed by atoms with van der Waals surface area (Å²) in [6.45, 7) is -0.108. The number of primary amides is 1. The molecule has 4 N–H and O–H groups in total. The van der Waals surface area contributed by atoms with Gasteiger partial charge < -0.3 is 10.5 Å². The molecule has 0 heterocycles. The van der Waals surface area contributed by atoms with Gasteiger partial charge in [-0.05, 0) is 18.2 Å². The van der Waals surface area contributed by atoms with E-state index in [1.807, 2.05) is 0 Å². The van der Waals surface area contributed by atoms with Crippen LogP contribution in [0.3, 0.4) is 0 Å². The maximum absolute atomic E-state index is 12.9. The average molecular weight is 262 g/mol. The maximum atomic E-state index is 12.9. The van der Waals surface area contributed by atoms with Crippen LogP contribution in [-0.2, 0) is 14.8 Å². The van der Waals surface area contributed by atoms with Gasteiger partial charge in [0, 0.05) is 0 Å². The first-order valence-corrected chi connectivity index (χ1v) is 6.09. The number of primary sulfonamides is 1. The van der Waals surface area contributed by atoms with E-state index in [1.54, 1.807) is 0 Å². The van der Waals surface area contributed by atoms with Crippen molar-refractivity contribution in [1.29, 1.82) is 0 Å². The highest BCUT2D eigenvalue weighted by atomic mass is 32.2. The van der Waals surface area contributed by atoms with Gasteiger partial charge in [0.25, 0.3) is 0 Å². The molecule has 0 saturated carbocycles. The highest BCUT2D eigenvalue weighted by Crippen LogP contribution is 2.23. The Morgan fingerprint density at radius 2 is 2.06 bits per heavy atom. The zero-order valence-electron chi connectivity index (χ0n) is 8.72. The molecule has 0 radical (unpaired) electrons. The van der Waals surface area contributed by atoms with Crippen molar-refractivity contribution in [3.8, 4) is 5.75 Å². The number of carbonyl (C=O) groups is 1. The number of benzene rings is 1. The molecule has 0 aliphatic carbocycles. The van der Waals surface area contributed by atoms with Crippen molar-refractivity contribution in [2.45, 2.75) is 11.3 Å². The van der Waals surface area contributed by atoms with Gasteiger partial charge in [-0.3, -0.25) is 4.79 Å². The lowest BCUT2D eigenvalue weighted by atomic mass is 10.3. The lowest BCUT2D eigenvalue weighted by Gasteiger charge is -2.09. The molecule has 0 bridgehead atoms. The van der Waals surface area contributed by atoms with Crippen LogP contribution in [-0.4, -0.2) is 20.9 Å². The number of sulfonamides is 1. The number of hydrogen-bond donors (Lipinski definition) is 2. The van der Waals surface area contributed by atoms with E-state index in [2.05, 4.69) is 0 Å². The minimum atomic E-state index is -4.09. The number of rotatable bonds is 5. The van der Waals surface area contributed by atoms with E-state index in [0.29, 0.717) is 0 Å². The van der Waals surface area contributed by atoms with Crippen LogP contribution in [0.5, 0.6) is 5.75 Å². The molecule has 0 aliphatic rings. The van der Waals surface area contributed by atoms with Crippen molar-refractivity contribution in [2.75, 3.05) is 6.61 Å². The second-order valence-electron chi connectivity index (χ2n) is 3.20. The summed E-state index contributed by atoms with van der Waals surface area (Å²) >= 11 is 0. The molecule has 0 unspecified atom stereocenters. The second kappa shape index (κ2) is 5.11. The van der Waals surface area contributed by atoms with Gasteiger partial charge in [-0.25, -0.2) is 17.9 Å². The lowest BCUT2D eigenvalue weighted by molar-refractivity contribution is -0.118. The van der Waals surface area contributed by atoms with Gasteiger partial charge in [-0.2, -0.15) is 0 Å². The van der Waals surface area contributed by atoms with Crippen molar-refractivity contribution in [3.63, 3.8) is 0 Å². The van der Waals surface area contributed by atoms with Crippen LogP contribution in [0.1, 0.15) is 6.42 Å². The normalized spacial score (nSPS) is 11.2. The Morgan fingerprint density at radius 3 is 2.59 bits per heavy atom. The lowest BCUT2D eigenvalue weighted by Crippen LogP contribution is -2.17. The van der Waals surface area contributed by atoms with Crippen molar-refractivity contribution in [2.24, 2.45) is 10.9 Å². The monoisotopic (exact) mass is 262 g/mol. The van der Waals surface area contributed by atoms with Crippen LogP contribution in [0.4, 0.5) is 4.39 Å². The standard InChI is InChI=1S/C9H11FN2O4S/c10-6-1-2-7(16-4-3-9(11)13)8(5-6)17(12,14)15/h1-2,5H,3-4H2,(H2,11,13)(H2,12,14,15). The number of halogens is 1. The fraction of sp³-hybridized carbons (Fsp3) is 0.222. The predicted octanol–water partition coefficient (Wildman–Crippen LogP) is -0.273. The third kappa shape index (κ3) is 4.00. The van der Waals surface area contributed by atoms with E-state index >= 15 is 0 Å². The van der Waals surface area contributed by atoms with Gasteiger partial charge in [0.05, 0.1) is 13.0 Å². The number of amides is 1. The number of nitrogens with two attached hydrogens (primary N) is 2. The smallest absolute Gasteiger partial charge is 0.241 e. The SMILES string of the molecule is NC(=O)CCOc1ccc(F)cc1S(N)(=O)=O. The van der Waals surface area contributed by atoms with Gasteiger partial charge in [0.1, 0.15) is 16.5 Å². The second-order valence-corrected chi connectivity index (χ2v) is 4.73. The van der Waals surface area contributed by atoms with Crippen LogP contribution in [0.2, 0.25) is 0 Å². The molecule has 0 atom stereocenters. The van der Waals surface area contributed by atoms with Gasteiger partial charge in [-0.15, -0.1) is 0 Å².